The van der Waals surface area contributed by atoms with Crippen molar-refractivity contribution < 1.29 is 68.0 Å². The third kappa shape index (κ3) is 25.7. The van der Waals surface area contributed by atoms with Gasteiger partial charge in [0.1, 0.15) is 0 Å². The Balaban J connectivity index is 0. The Morgan fingerprint density at radius 2 is 0.913 bits per heavy atom. The summed E-state index contributed by atoms with van der Waals surface area (Å²) < 4.78 is 66.9. The molecule has 2 N–H and O–H groups in total. The molecule has 0 amide bonds. The van der Waals surface area contributed by atoms with Gasteiger partial charge in [0.25, 0.3) is 0 Å². The summed E-state index contributed by atoms with van der Waals surface area (Å²) >= 11 is -12.1. The van der Waals surface area contributed by atoms with Crippen molar-refractivity contribution in [2.75, 3.05) is 0 Å². The van der Waals surface area contributed by atoms with Crippen molar-refractivity contribution in [2.24, 2.45) is 0 Å². The van der Waals surface area contributed by atoms with E-state index >= 15 is 0 Å². The van der Waals surface area contributed by atoms with Gasteiger partial charge in [-0.15, -0.1) is 0 Å². The summed E-state index contributed by atoms with van der Waals surface area (Å²) in [5.41, 5.74) is 0. The molecule has 0 saturated carbocycles. The Morgan fingerprint density at radius 3 is 0.957 bits per heavy atom. The van der Waals surface area contributed by atoms with E-state index in [1.165, 1.54) is 0 Å². The third-order valence-corrected chi connectivity index (χ3v) is 4.05. The van der Waals surface area contributed by atoms with Crippen LogP contribution in [0.1, 0.15) is 0 Å². The van der Waals surface area contributed by atoms with Gasteiger partial charge >= 0.3 is 63.7 Å². The fraction of sp³-hybridized carbons (Fsp3) is 0. The summed E-state index contributed by atoms with van der Waals surface area (Å²) in [6, 6.07) is 11.7. The molecule has 0 unspecified atom stereocenters. The fourth-order valence-electron chi connectivity index (χ4n) is 0.786. The van der Waals surface area contributed by atoms with Crippen molar-refractivity contribution in [3.63, 3.8) is 0 Å². The van der Waals surface area contributed by atoms with Gasteiger partial charge in [0.2, 0.25) is 0 Å². The van der Waals surface area contributed by atoms with Gasteiger partial charge < -0.3 is 4.46 Å². The minimum absolute atomic E-state index is 1.72. The van der Waals surface area contributed by atoms with Gasteiger partial charge in [-0.2, -0.15) is 0 Å². The van der Waals surface area contributed by atoms with Crippen LogP contribution in [-0.2, 0) is 49.7 Å². The molecule has 2 heterocycles. The zero-order chi connectivity index (χ0) is 18.2. The normalized spacial score (nSPS) is 9.65. The van der Waals surface area contributed by atoms with Gasteiger partial charge in [0.15, 0.2) is 24.8 Å². The van der Waals surface area contributed by atoms with Crippen molar-refractivity contribution in [1.82, 2.24) is 0 Å². The summed E-state index contributed by atoms with van der Waals surface area (Å²) in [4.78, 5) is 5.78. The number of hydrogen-bond acceptors (Lipinski definition) is 8. The molecule has 2 aromatic rings. The van der Waals surface area contributed by atoms with Crippen LogP contribution >= 0.6 is 0 Å². The van der Waals surface area contributed by atoms with E-state index < -0.39 is 27.2 Å². The van der Waals surface area contributed by atoms with E-state index in [2.05, 4.69) is 12.8 Å². The zero-order valence-electron chi connectivity index (χ0n) is 11.4. The zero-order valence-corrected chi connectivity index (χ0v) is 14.9. The minimum atomic E-state index is -6.07. The molecular weight excluding hydrogens is 408 g/mol. The van der Waals surface area contributed by atoms with Crippen LogP contribution in [0.2, 0.25) is 0 Å². The van der Waals surface area contributed by atoms with Crippen molar-refractivity contribution in [1.29, 1.82) is 0 Å². The Labute approximate surface area is 139 Å². The molecule has 0 aliphatic rings. The average molecular weight is 420 g/mol. The van der Waals surface area contributed by atoms with Gasteiger partial charge in [-0.1, -0.05) is 12.1 Å². The summed E-state index contributed by atoms with van der Waals surface area (Å²) in [5.74, 6) is 0. The molecule has 0 atom stereocenters. The van der Waals surface area contributed by atoms with E-state index in [1.807, 2.05) is 61.2 Å². The maximum absolute atomic E-state index is 9.38. The summed E-state index contributed by atoms with van der Waals surface area (Å²) in [7, 11) is 1.72. The van der Waals surface area contributed by atoms with Crippen molar-refractivity contribution in [3.05, 3.63) is 61.2 Å². The Kier molecular flexibility index (Phi) is 14.5. The summed E-state index contributed by atoms with van der Waals surface area (Å²) in [5, 5.41) is 0. The molecular formula is C10H12Cr2N2O8Si. The van der Waals surface area contributed by atoms with Crippen LogP contribution in [0, 0.1) is 0 Å². The molecule has 0 fully saturated rings. The maximum Gasteiger partial charge on any atom is 0.166 e. The molecule has 2 rings (SSSR count). The second-order valence-electron chi connectivity index (χ2n) is 3.04. The molecule has 126 valence electrons. The number of rotatable bonds is 2. The van der Waals surface area contributed by atoms with Crippen molar-refractivity contribution >= 4 is 10.1 Å². The predicted molar refractivity (Wildman–Crippen MR) is 56.3 cm³/mol. The van der Waals surface area contributed by atoms with Crippen LogP contribution in [0.4, 0.5) is 0 Å². The van der Waals surface area contributed by atoms with E-state index in [0.29, 0.717) is 0 Å². The van der Waals surface area contributed by atoms with Gasteiger partial charge in [0, 0.05) is 24.3 Å². The number of pyridine rings is 2. The van der Waals surface area contributed by atoms with E-state index in [0.717, 1.165) is 0 Å². The SMILES string of the molecule is O=[Si].[O]=[Cr](=[O])([O-])[O][Cr](=[O])(=[O])[O-].c1cc[nH+]cc1.c1cc[nH+]cc1. The Hall–Kier alpha value is -1.54. The van der Waals surface area contributed by atoms with E-state index in [4.69, 9.17) is 4.46 Å². The van der Waals surface area contributed by atoms with Gasteiger partial charge in [-0.3, -0.25) is 0 Å². The molecule has 0 aliphatic heterocycles. The molecule has 13 heteroatoms. The number of aromatic amines is 2. The topological polar surface area (TPSA) is 169 Å². The largest absolute Gasteiger partial charge is 0.218 e. The van der Waals surface area contributed by atoms with Gasteiger partial charge in [-0.05, 0) is 0 Å². The molecule has 0 saturated heterocycles. The first-order chi connectivity index (χ1) is 10.7. The first kappa shape index (κ1) is 23.7. The molecule has 10 nitrogen and oxygen atoms in total. The van der Waals surface area contributed by atoms with Crippen molar-refractivity contribution in [3.8, 4) is 0 Å². The maximum atomic E-state index is 9.38. The van der Waals surface area contributed by atoms with Crippen LogP contribution in [0.25, 0.3) is 0 Å². The first-order valence-corrected chi connectivity index (χ1v) is 9.93. The number of H-pyrrole nitrogens is 2. The van der Waals surface area contributed by atoms with Crippen LogP contribution in [0.3, 0.4) is 0 Å². The van der Waals surface area contributed by atoms with Crippen LogP contribution in [0.5, 0.6) is 0 Å². The summed E-state index contributed by atoms with van der Waals surface area (Å²) in [6.45, 7) is 0. The first-order valence-electron chi connectivity index (χ1n) is 5.36. The second kappa shape index (κ2) is 14.1. The molecule has 0 aromatic carbocycles. The third-order valence-electron chi connectivity index (χ3n) is 1.38. The van der Waals surface area contributed by atoms with Gasteiger partial charge in [-0.25, -0.2) is 9.97 Å². The average Bonchev–Trinajstić information content (AvgIpc) is 2.50. The molecule has 0 aliphatic carbocycles. The van der Waals surface area contributed by atoms with Crippen LogP contribution in [0.15, 0.2) is 61.2 Å². The molecule has 23 heavy (non-hydrogen) atoms. The molecule has 2 radical (unpaired) electrons. The Bertz CT molecular complexity index is 583. The smallest absolute Gasteiger partial charge is 0.166 e. The quantitative estimate of drug-likeness (QED) is 0.483. The summed E-state index contributed by atoms with van der Waals surface area (Å²) in [6.07, 6.45) is 7.50. The number of hydrogen-bond donors (Lipinski definition) is 0. The molecule has 2 aromatic heterocycles. The number of nitrogens with one attached hydrogen (secondary N) is 2. The van der Waals surface area contributed by atoms with Gasteiger partial charge in [0.05, 0.1) is 0 Å². The van der Waals surface area contributed by atoms with Crippen molar-refractivity contribution in [2.45, 2.75) is 0 Å². The second-order valence-corrected chi connectivity index (χ2v) is 6.68. The van der Waals surface area contributed by atoms with E-state index in [9.17, 15) is 23.5 Å². The van der Waals surface area contributed by atoms with Crippen LogP contribution in [-0.4, -0.2) is 10.1 Å². The standard InChI is InChI=1S/2C5H5N.2Cr.OSi.7O/c2*1-2-4-6-5-3-1;;;1-2;;;;;;;/h2*1-5H;;;;;;;;;;/q;;;;;;;;;;2*-1/p+2. The molecule has 0 spiro atoms. The van der Waals surface area contributed by atoms with E-state index in [-0.39, 0.29) is 0 Å². The Morgan fingerprint density at radius 1 is 0.652 bits per heavy atom. The minimum Gasteiger partial charge on any atom is -0.218 e. The van der Waals surface area contributed by atoms with Crippen LogP contribution < -0.4 is 18.3 Å². The number of aromatic nitrogens is 2. The monoisotopic (exact) mass is 420 g/mol. The van der Waals surface area contributed by atoms with E-state index in [1.54, 1.807) is 10.1 Å². The fourth-order valence-corrected chi connectivity index (χ4v) is 2.42. The predicted octanol–water partition coefficient (Wildman–Crippen LogP) is -2.42. The molecule has 0 bridgehead atoms.